The zero-order valence-corrected chi connectivity index (χ0v) is 22.8. The maximum Gasteiger partial charge on any atom is 0.261 e. The Bertz CT molecular complexity index is 1400. The minimum absolute atomic E-state index is 0.0818. The molecule has 6 nitrogen and oxygen atoms in total. The first-order valence-corrected chi connectivity index (χ1v) is 13.2. The molecule has 2 amide bonds. The lowest BCUT2D eigenvalue weighted by atomic mass is 10.0. The molecule has 4 rings (SSSR count). The van der Waals surface area contributed by atoms with E-state index in [0.29, 0.717) is 22.1 Å². The number of carbonyl (C=O) groups excluding carboxylic acids is 2. The topological polar surface area (TPSA) is 67.9 Å². The van der Waals surface area contributed by atoms with Crippen molar-refractivity contribution in [2.75, 3.05) is 13.7 Å². The molecule has 4 aromatic carbocycles. The summed E-state index contributed by atoms with van der Waals surface area (Å²) < 4.78 is 24.6. The summed E-state index contributed by atoms with van der Waals surface area (Å²) in [6.07, 6.45) is 0.272. The fourth-order valence-corrected chi connectivity index (χ4v) is 4.37. The number of hydrogen-bond donors (Lipinski definition) is 1. The molecule has 40 heavy (non-hydrogen) atoms. The normalized spacial score (nSPS) is 11.4. The number of hydrogen-bond acceptors (Lipinski definition) is 4. The van der Waals surface area contributed by atoms with Gasteiger partial charge in [0.15, 0.2) is 6.61 Å². The molecular weight excluding hydrogens is 531 g/mol. The molecule has 0 bridgehead atoms. The minimum Gasteiger partial charge on any atom is -0.497 e. The molecule has 0 unspecified atom stereocenters. The van der Waals surface area contributed by atoms with E-state index in [1.165, 1.54) is 17.0 Å². The first-order valence-electron chi connectivity index (χ1n) is 12.8. The third-order valence-electron chi connectivity index (χ3n) is 6.35. The van der Waals surface area contributed by atoms with E-state index in [1.807, 2.05) is 54.6 Å². The van der Waals surface area contributed by atoms with E-state index in [4.69, 9.17) is 21.1 Å². The molecule has 0 saturated carbocycles. The summed E-state index contributed by atoms with van der Waals surface area (Å²) >= 11 is 6.21. The second kappa shape index (κ2) is 14.1. The Morgan fingerprint density at radius 2 is 1.50 bits per heavy atom. The summed E-state index contributed by atoms with van der Waals surface area (Å²) in [6, 6.07) is 28.7. The predicted molar refractivity (Wildman–Crippen MR) is 153 cm³/mol. The van der Waals surface area contributed by atoms with Gasteiger partial charge in [0.05, 0.1) is 12.1 Å². The molecule has 0 radical (unpaired) electrons. The van der Waals surface area contributed by atoms with Crippen LogP contribution >= 0.6 is 11.6 Å². The number of rotatable bonds is 12. The minimum atomic E-state index is -0.868. The summed E-state index contributed by atoms with van der Waals surface area (Å²) in [5.74, 6) is -0.0474. The van der Waals surface area contributed by atoms with Crippen molar-refractivity contribution in [3.8, 4) is 11.5 Å². The molecule has 1 atom stereocenters. The number of carbonyl (C=O) groups is 2. The van der Waals surface area contributed by atoms with Crippen molar-refractivity contribution in [3.63, 3.8) is 0 Å². The zero-order valence-electron chi connectivity index (χ0n) is 22.1. The lowest BCUT2D eigenvalue weighted by molar-refractivity contribution is -0.142. The summed E-state index contributed by atoms with van der Waals surface area (Å²) in [6.45, 7) is 0.0171. The maximum atomic E-state index is 13.7. The van der Waals surface area contributed by atoms with Crippen molar-refractivity contribution in [1.29, 1.82) is 0 Å². The van der Waals surface area contributed by atoms with E-state index in [0.717, 1.165) is 11.1 Å². The van der Waals surface area contributed by atoms with Gasteiger partial charge in [-0.2, -0.15) is 0 Å². The van der Waals surface area contributed by atoms with Crippen LogP contribution in [0.5, 0.6) is 11.5 Å². The predicted octanol–water partition coefficient (Wildman–Crippen LogP) is 5.82. The molecular formula is C32H30ClFN2O4. The van der Waals surface area contributed by atoms with Gasteiger partial charge in [0, 0.05) is 19.5 Å². The lowest BCUT2D eigenvalue weighted by Crippen LogP contribution is -2.51. The van der Waals surface area contributed by atoms with Gasteiger partial charge in [-0.15, -0.1) is 0 Å². The monoisotopic (exact) mass is 560 g/mol. The van der Waals surface area contributed by atoms with E-state index in [9.17, 15) is 14.0 Å². The average molecular weight is 561 g/mol. The van der Waals surface area contributed by atoms with Crippen LogP contribution in [-0.2, 0) is 29.1 Å². The zero-order chi connectivity index (χ0) is 28.3. The number of ether oxygens (including phenoxy) is 2. The van der Waals surface area contributed by atoms with Crippen LogP contribution < -0.4 is 14.8 Å². The van der Waals surface area contributed by atoms with E-state index in [1.54, 1.807) is 43.5 Å². The van der Waals surface area contributed by atoms with Crippen LogP contribution in [-0.4, -0.2) is 36.5 Å². The number of nitrogens with one attached hydrogen (secondary N) is 1. The molecule has 0 aliphatic carbocycles. The Morgan fingerprint density at radius 3 is 2.17 bits per heavy atom. The van der Waals surface area contributed by atoms with E-state index in [2.05, 4.69) is 5.32 Å². The van der Waals surface area contributed by atoms with Crippen LogP contribution in [0.4, 0.5) is 4.39 Å². The van der Waals surface area contributed by atoms with Gasteiger partial charge in [-0.1, -0.05) is 78.3 Å². The van der Waals surface area contributed by atoms with Gasteiger partial charge >= 0.3 is 0 Å². The molecule has 1 N–H and O–H groups in total. The van der Waals surface area contributed by atoms with Crippen LogP contribution in [0.15, 0.2) is 103 Å². The molecule has 0 aliphatic heterocycles. The highest BCUT2D eigenvalue weighted by atomic mass is 35.5. The van der Waals surface area contributed by atoms with Crippen LogP contribution in [0, 0.1) is 5.82 Å². The molecule has 0 aliphatic rings. The van der Waals surface area contributed by atoms with Crippen molar-refractivity contribution in [2.24, 2.45) is 0 Å². The van der Waals surface area contributed by atoms with E-state index in [-0.39, 0.29) is 37.8 Å². The number of amides is 2. The summed E-state index contributed by atoms with van der Waals surface area (Å²) in [5.41, 5.74) is 2.44. The van der Waals surface area contributed by atoms with Crippen LogP contribution in [0.1, 0.15) is 16.7 Å². The van der Waals surface area contributed by atoms with Crippen molar-refractivity contribution in [2.45, 2.75) is 25.6 Å². The second-order valence-corrected chi connectivity index (χ2v) is 9.55. The molecule has 0 saturated heterocycles. The quantitative estimate of drug-likeness (QED) is 0.237. The Hall–Kier alpha value is -4.36. The van der Waals surface area contributed by atoms with Crippen LogP contribution in [0.2, 0.25) is 5.02 Å². The molecule has 4 aromatic rings. The number of methoxy groups -OCH3 is 1. The third-order valence-corrected chi connectivity index (χ3v) is 6.66. The lowest BCUT2D eigenvalue weighted by Gasteiger charge is -2.31. The largest absolute Gasteiger partial charge is 0.497 e. The van der Waals surface area contributed by atoms with Crippen LogP contribution in [0.3, 0.4) is 0 Å². The molecule has 206 valence electrons. The van der Waals surface area contributed by atoms with Gasteiger partial charge in [-0.25, -0.2) is 4.39 Å². The summed E-state index contributed by atoms with van der Waals surface area (Å²) in [5, 5.41) is 3.35. The van der Waals surface area contributed by atoms with Crippen LogP contribution in [0.25, 0.3) is 0 Å². The Kier molecular flexibility index (Phi) is 10.1. The molecule has 8 heteroatoms. The average Bonchev–Trinajstić information content (AvgIpc) is 2.99. The number of nitrogens with zero attached hydrogens (tertiary/aromatic N) is 1. The number of para-hydroxylation sites is 1. The standard InChI is InChI=1S/C32H30ClFN2O4/c1-39-27-17-13-24(14-18-27)20-35-32(38)29(19-23-7-3-2-4-8-23)36(21-25-11-15-26(34)16-12-25)31(37)22-40-30-10-6-5-9-28(30)33/h2-18,29H,19-22H2,1H3,(H,35,38)/t29-/m0/s1. The SMILES string of the molecule is COc1ccc(CNC(=O)[C@H](Cc2ccccc2)N(Cc2ccc(F)cc2)C(=O)COc2ccccc2Cl)cc1. The summed E-state index contributed by atoms with van der Waals surface area (Å²) in [7, 11) is 1.59. The van der Waals surface area contributed by atoms with Crippen molar-refractivity contribution >= 4 is 23.4 Å². The van der Waals surface area contributed by atoms with Crippen molar-refractivity contribution in [1.82, 2.24) is 10.2 Å². The highest BCUT2D eigenvalue weighted by Crippen LogP contribution is 2.24. The first kappa shape index (κ1) is 28.6. The third kappa shape index (κ3) is 8.07. The first-order chi connectivity index (χ1) is 19.4. The summed E-state index contributed by atoms with van der Waals surface area (Å²) in [4.78, 5) is 28.9. The van der Waals surface area contributed by atoms with Gasteiger partial charge in [0.2, 0.25) is 5.91 Å². The highest BCUT2D eigenvalue weighted by Gasteiger charge is 2.30. The Morgan fingerprint density at radius 1 is 0.850 bits per heavy atom. The highest BCUT2D eigenvalue weighted by molar-refractivity contribution is 6.32. The molecule has 0 aromatic heterocycles. The van der Waals surface area contributed by atoms with Gasteiger partial charge in [0.25, 0.3) is 5.91 Å². The van der Waals surface area contributed by atoms with Gasteiger partial charge in [0.1, 0.15) is 23.4 Å². The van der Waals surface area contributed by atoms with E-state index >= 15 is 0 Å². The second-order valence-electron chi connectivity index (χ2n) is 9.14. The smallest absolute Gasteiger partial charge is 0.261 e. The Balaban J connectivity index is 1.60. The van der Waals surface area contributed by atoms with Gasteiger partial charge in [-0.3, -0.25) is 9.59 Å². The molecule has 0 heterocycles. The van der Waals surface area contributed by atoms with Gasteiger partial charge < -0.3 is 19.7 Å². The van der Waals surface area contributed by atoms with E-state index < -0.39 is 11.9 Å². The fraction of sp³-hybridized carbons (Fsp3) is 0.188. The van der Waals surface area contributed by atoms with Crippen molar-refractivity contribution < 1.29 is 23.5 Å². The molecule has 0 spiro atoms. The number of halogens is 2. The van der Waals surface area contributed by atoms with Crippen molar-refractivity contribution in [3.05, 3.63) is 131 Å². The maximum absolute atomic E-state index is 13.7. The molecule has 0 fully saturated rings. The fourth-order valence-electron chi connectivity index (χ4n) is 4.18. The van der Waals surface area contributed by atoms with Gasteiger partial charge in [-0.05, 0) is 53.1 Å². The Labute approximate surface area is 238 Å². The number of benzene rings is 4.